The maximum atomic E-state index is 2.45. The van der Waals surface area contributed by atoms with Gasteiger partial charge in [-0.15, -0.1) is 0 Å². The molecule has 2 aromatic rings. The molecule has 0 saturated heterocycles. The summed E-state index contributed by atoms with van der Waals surface area (Å²) in [7, 11) is 0. The van der Waals surface area contributed by atoms with Gasteiger partial charge in [0.15, 0.2) is 0 Å². The van der Waals surface area contributed by atoms with Crippen molar-refractivity contribution in [1.29, 1.82) is 0 Å². The Hall–Kier alpha value is -2.08. The molecule has 0 saturated carbocycles. The second-order valence-corrected chi connectivity index (χ2v) is 7.72. The summed E-state index contributed by atoms with van der Waals surface area (Å²) in [5, 5.41) is 0. The molecule has 0 aliphatic heterocycles. The second kappa shape index (κ2) is 4.96. The fourth-order valence-electron chi connectivity index (χ4n) is 5.10. The molecule has 2 aliphatic rings. The molecule has 2 aromatic carbocycles. The minimum atomic E-state index is 0.153. The Labute approximate surface area is 139 Å². The van der Waals surface area contributed by atoms with Crippen molar-refractivity contribution in [2.45, 2.75) is 39.5 Å². The SMILES string of the molecule is CC1=Cc2ccccc2C1C(C)(C)C1C(C)=Cc2ccccc21. The summed E-state index contributed by atoms with van der Waals surface area (Å²) in [6.07, 6.45) is 4.75. The topological polar surface area (TPSA) is 0 Å². The molecule has 2 aliphatic carbocycles. The molecule has 0 heteroatoms. The molecule has 0 amide bonds. The van der Waals surface area contributed by atoms with Gasteiger partial charge in [-0.1, -0.05) is 85.7 Å². The van der Waals surface area contributed by atoms with Crippen molar-refractivity contribution in [3.8, 4) is 0 Å². The van der Waals surface area contributed by atoms with Crippen LogP contribution in [0.2, 0.25) is 0 Å². The van der Waals surface area contributed by atoms with Crippen LogP contribution < -0.4 is 0 Å². The quantitative estimate of drug-likeness (QED) is 0.601. The number of hydrogen-bond donors (Lipinski definition) is 0. The van der Waals surface area contributed by atoms with Gasteiger partial charge < -0.3 is 0 Å². The number of rotatable bonds is 2. The van der Waals surface area contributed by atoms with E-state index in [1.807, 2.05) is 0 Å². The molecular weight excluding hydrogens is 276 g/mol. The van der Waals surface area contributed by atoms with Gasteiger partial charge in [0.1, 0.15) is 0 Å². The Balaban J connectivity index is 1.84. The molecule has 116 valence electrons. The fourth-order valence-corrected chi connectivity index (χ4v) is 5.10. The second-order valence-electron chi connectivity index (χ2n) is 7.72. The lowest BCUT2D eigenvalue weighted by atomic mass is 9.63. The normalized spacial score (nSPS) is 22.4. The van der Waals surface area contributed by atoms with Gasteiger partial charge in [-0.2, -0.15) is 0 Å². The standard InChI is InChI=1S/C23H24/c1-15-13-17-9-5-7-11-19(17)21(15)23(3,4)22-16(2)14-18-10-6-8-12-20(18)22/h5-14,21-22H,1-4H3. The van der Waals surface area contributed by atoms with Gasteiger partial charge in [0.05, 0.1) is 0 Å². The first-order chi connectivity index (χ1) is 11.0. The van der Waals surface area contributed by atoms with Crippen molar-refractivity contribution in [2.75, 3.05) is 0 Å². The number of fused-ring (bicyclic) bond motifs is 2. The summed E-state index contributed by atoms with van der Waals surface area (Å²) in [5.74, 6) is 0.969. The van der Waals surface area contributed by atoms with Gasteiger partial charge >= 0.3 is 0 Å². The van der Waals surface area contributed by atoms with Gasteiger partial charge in [0, 0.05) is 11.8 Å². The van der Waals surface area contributed by atoms with Crippen LogP contribution in [0, 0.1) is 5.41 Å². The van der Waals surface area contributed by atoms with Gasteiger partial charge in [-0.25, -0.2) is 0 Å². The third-order valence-corrected chi connectivity index (χ3v) is 5.78. The average Bonchev–Trinajstić information content (AvgIpc) is 3.02. The van der Waals surface area contributed by atoms with E-state index in [2.05, 4.69) is 88.4 Å². The van der Waals surface area contributed by atoms with Crippen molar-refractivity contribution < 1.29 is 0 Å². The first kappa shape index (κ1) is 14.5. The smallest absolute Gasteiger partial charge is 0.0115 e. The van der Waals surface area contributed by atoms with Crippen molar-refractivity contribution >= 4 is 12.2 Å². The number of hydrogen-bond acceptors (Lipinski definition) is 0. The Kier molecular flexibility index (Phi) is 3.13. The third-order valence-electron chi connectivity index (χ3n) is 5.78. The van der Waals surface area contributed by atoms with Crippen LogP contribution in [-0.4, -0.2) is 0 Å². The minimum Gasteiger partial charge on any atom is -0.0646 e. The summed E-state index contributed by atoms with van der Waals surface area (Å²) in [4.78, 5) is 0. The minimum absolute atomic E-state index is 0.153. The van der Waals surface area contributed by atoms with Crippen LogP contribution in [0.3, 0.4) is 0 Å². The maximum Gasteiger partial charge on any atom is 0.0115 e. The zero-order chi connectivity index (χ0) is 16.2. The fraction of sp³-hybridized carbons (Fsp3) is 0.304. The Morgan fingerprint density at radius 3 is 1.48 bits per heavy atom. The van der Waals surface area contributed by atoms with Gasteiger partial charge in [-0.3, -0.25) is 0 Å². The van der Waals surface area contributed by atoms with Crippen molar-refractivity contribution in [3.63, 3.8) is 0 Å². The summed E-state index contributed by atoms with van der Waals surface area (Å²) in [5.41, 5.74) is 8.92. The molecule has 0 radical (unpaired) electrons. The number of allylic oxidation sites excluding steroid dienone is 2. The highest BCUT2D eigenvalue weighted by molar-refractivity contribution is 5.70. The van der Waals surface area contributed by atoms with E-state index >= 15 is 0 Å². The molecule has 0 bridgehead atoms. The highest BCUT2D eigenvalue weighted by Crippen LogP contribution is 2.57. The zero-order valence-corrected chi connectivity index (χ0v) is 14.4. The molecular formula is C23H24. The predicted molar refractivity (Wildman–Crippen MR) is 99.4 cm³/mol. The molecule has 0 fully saturated rings. The van der Waals surface area contributed by atoms with Crippen LogP contribution >= 0.6 is 0 Å². The lowest BCUT2D eigenvalue weighted by molar-refractivity contribution is 0.275. The monoisotopic (exact) mass is 300 g/mol. The van der Waals surface area contributed by atoms with Crippen LogP contribution in [0.5, 0.6) is 0 Å². The lowest BCUT2D eigenvalue weighted by Crippen LogP contribution is -2.29. The van der Waals surface area contributed by atoms with Crippen LogP contribution in [0.25, 0.3) is 12.2 Å². The third kappa shape index (κ3) is 2.05. The van der Waals surface area contributed by atoms with Crippen molar-refractivity contribution in [1.82, 2.24) is 0 Å². The largest absolute Gasteiger partial charge is 0.0646 e. The first-order valence-electron chi connectivity index (χ1n) is 8.54. The molecule has 23 heavy (non-hydrogen) atoms. The van der Waals surface area contributed by atoms with E-state index in [1.165, 1.54) is 33.4 Å². The highest BCUT2D eigenvalue weighted by atomic mass is 14.5. The Morgan fingerprint density at radius 2 is 1.04 bits per heavy atom. The van der Waals surface area contributed by atoms with E-state index in [0.29, 0.717) is 11.8 Å². The van der Waals surface area contributed by atoms with E-state index in [1.54, 1.807) is 0 Å². The summed E-state index contributed by atoms with van der Waals surface area (Å²) < 4.78 is 0. The number of benzene rings is 2. The van der Waals surface area contributed by atoms with Crippen LogP contribution in [0.1, 0.15) is 61.8 Å². The van der Waals surface area contributed by atoms with Crippen LogP contribution in [-0.2, 0) is 0 Å². The van der Waals surface area contributed by atoms with E-state index in [-0.39, 0.29) is 5.41 Å². The van der Waals surface area contributed by atoms with Crippen molar-refractivity contribution in [2.24, 2.45) is 5.41 Å². The summed E-state index contributed by atoms with van der Waals surface area (Å²) >= 11 is 0. The van der Waals surface area contributed by atoms with Crippen molar-refractivity contribution in [3.05, 3.63) is 81.9 Å². The van der Waals surface area contributed by atoms with Gasteiger partial charge in [0.25, 0.3) is 0 Å². The molecule has 0 N–H and O–H groups in total. The summed E-state index contributed by atoms with van der Waals surface area (Å²) in [6.45, 7) is 9.49. The Bertz CT molecular complexity index is 763. The summed E-state index contributed by atoms with van der Waals surface area (Å²) in [6, 6.07) is 17.8. The molecule has 4 rings (SSSR count). The first-order valence-corrected chi connectivity index (χ1v) is 8.54. The van der Waals surface area contributed by atoms with E-state index in [9.17, 15) is 0 Å². The van der Waals surface area contributed by atoms with E-state index < -0.39 is 0 Å². The molecule has 0 heterocycles. The Morgan fingerprint density at radius 1 is 0.652 bits per heavy atom. The molecule has 0 spiro atoms. The van der Waals surface area contributed by atoms with E-state index in [4.69, 9.17) is 0 Å². The lowest BCUT2D eigenvalue weighted by Gasteiger charge is -2.40. The maximum absolute atomic E-state index is 2.45. The molecule has 0 aromatic heterocycles. The predicted octanol–water partition coefficient (Wildman–Crippen LogP) is 6.41. The van der Waals surface area contributed by atoms with Gasteiger partial charge in [-0.05, 0) is 41.5 Å². The van der Waals surface area contributed by atoms with Crippen LogP contribution in [0.4, 0.5) is 0 Å². The molecule has 2 atom stereocenters. The van der Waals surface area contributed by atoms with Gasteiger partial charge in [0.2, 0.25) is 0 Å². The van der Waals surface area contributed by atoms with E-state index in [0.717, 1.165) is 0 Å². The molecule has 2 unspecified atom stereocenters. The highest BCUT2D eigenvalue weighted by Gasteiger charge is 2.44. The molecule has 0 nitrogen and oxygen atoms in total. The zero-order valence-electron chi connectivity index (χ0n) is 14.4. The van der Waals surface area contributed by atoms with Crippen LogP contribution in [0.15, 0.2) is 59.7 Å². The average molecular weight is 300 g/mol.